The lowest BCUT2D eigenvalue weighted by molar-refractivity contribution is -0.144. The van der Waals surface area contributed by atoms with Crippen LogP contribution in [0.3, 0.4) is 0 Å². The Hall–Kier alpha value is -1.95. The average molecular weight is 279 g/mol. The van der Waals surface area contributed by atoms with Crippen molar-refractivity contribution in [3.05, 3.63) is 35.9 Å². The maximum atomic E-state index is 11.7. The molecule has 2 amide bonds. The summed E-state index contributed by atoms with van der Waals surface area (Å²) in [6.45, 7) is 0.510. The highest BCUT2D eigenvalue weighted by molar-refractivity contribution is 7.80. The van der Waals surface area contributed by atoms with E-state index in [9.17, 15) is 9.59 Å². The minimum absolute atomic E-state index is 0.0342. The van der Waals surface area contributed by atoms with Gasteiger partial charge in [-0.2, -0.15) is 0 Å². The Kier molecular flexibility index (Phi) is 5.95. The third-order valence-electron chi connectivity index (χ3n) is 2.54. The van der Waals surface area contributed by atoms with Crippen LogP contribution in [0.2, 0.25) is 0 Å². The molecular formula is C13H17N3O2S. The van der Waals surface area contributed by atoms with Gasteiger partial charge in [-0.05, 0) is 12.0 Å². The standard InChI is InChI=1S/C13H17N3O2S/c1-16(8-7-10-5-3-2-4-6-10)13(18)12(17)15-9-11(14)19/h2-6H,7-9H2,1H3,(H2,14,19)(H,15,17). The van der Waals surface area contributed by atoms with Crippen LogP contribution in [-0.2, 0) is 16.0 Å². The lowest BCUT2D eigenvalue weighted by atomic mass is 10.1. The van der Waals surface area contributed by atoms with Gasteiger partial charge in [0.15, 0.2) is 0 Å². The van der Waals surface area contributed by atoms with Crippen LogP contribution in [-0.4, -0.2) is 41.8 Å². The van der Waals surface area contributed by atoms with Gasteiger partial charge in [-0.1, -0.05) is 42.5 Å². The number of nitrogens with one attached hydrogen (secondary N) is 1. The molecule has 0 unspecified atom stereocenters. The number of likely N-dealkylation sites (N-methyl/N-ethyl adjacent to an activating group) is 1. The molecule has 0 bridgehead atoms. The summed E-state index contributed by atoms with van der Waals surface area (Å²) in [6.07, 6.45) is 0.700. The third kappa shape index (κ3) is 5.48. The van der Waals surface area contributed by atoms with Crippen molar-refractivity contribution in [1.82, 2.24) is 10.2 Å². The molecule has 0 aliphatic heterocycles. The molecule has 6 heteroatoms. The lowest BCUT2D eigenvalue weighted by Gasteiger charge is -2.16. The van der Waals surface area contributed by atoms with Gasteiger partial charge in [-0.25, -0.2) is 0 Å². The van der Waals surface area contributed by atoms with Gasteiger partial charge in [0.25, 0.3) is 0 Å². The van der Waals surface area contributed by atoms with Crippen LogP contribution in [0.5, 0.6) is 0 Å². The molecule has 1 aromatic carbocycles. The van der Waals surface area contributed by atoms with Crippen molar-refractivity contribution in [1.29, 1.82) is 0 Å². The molecule has 0 aliphatic carbocycles. The van der Waals surface area contributed by atoms with Crippen LogP contribution in [0.25, 0.3) is 0 Å². The highest BCUT2D eigenvalue weighted by atomic mass is 32.1. The first kappa shape index (κ1) is 15.1. The third-order valence-corrected chi connectivity index (χ3v) is 2.69. The molecule has 19 heavy (non-hydrogen) atoms. The number of nitrogens with two attached hydrogens (primary N) is 1. The van der Waals surface area contributed by atoms with E-state index in [2.05, 4.69) is 17.5 Å². The van der Waals surface area contributed by atoms with E-state index < -0.39 is 11.8 Å². The first-order valence-electron chi connectivity index (χ1n) is 5.86. The van der Waals surface area contributed by atoms with Gasteiger partial charge in [0, 0.05) is 13.6 Å². The van der Waals surface area contributed by atoms with Gasteiger partial charge < -0.3 is 16.0 Å². The molecule has 5 nitrogen and oxygen atoms in total. The molecule has 0 atom stereocenters. The number of benzene rings is 1. The highest BCUT2D eigenvalue weighted by Gasteiger charge is 2.17. The second kappa shape index (κ2) is 7.48. The molecule has 0 aromatic heterocycles. The van der Waals surface area contributed by atoms with Crippen LogP contribution in [0.1, 0.15) is 5.56 Å². The zero-order valence-electron chi connectivity index (χ0n) is 10.8. The van der Waals surface area contributed by atoms with E-state index in [4.69, 9.17) is 5.73 Å². The number of nitrogens with zero attached hydrogens (tertiary/aromatic N) is 1. The Labute approximate surface area is 117 Å². The number of hydrogen-bond acceptors (Lipinski definition) is 3. The molecule has 0 radical (unpaired) electrons. The number of hydrogen-bond donors (Lipinski definition) is 2. The van der Waals surface area contributed by atoms with Gasteiger partial charge in [0.1, 0.15) is 0 Å². The van der Waals surface area contributed by atoms with E-state index in [0.717, 1.165) is 5.56 Å². The van der Waals surface area contributed by atoms with Gasteiger partial charge in [0.2, 0.25) is 0 Å². The fourth-order valence-corrected chi connectivity index (χ4v) is 1.53. The highest BCUT2D eigenvalue weighted by Crippen LogP contribution is 2.00. The predicted molar refractivity (Wildman–Crippen MR) is 77.6 cm³/mol. The number of rotatable bonds is 5. The molecular weight excluding hydrogens is 262 g/mol. The second-order valence-corrected chi connectivity index (χ2v) is 4.64. The van der Waals surface area contributed by atoms with Gasteiger partial charge in [-0.15, -0.1) is 0 Å². The molecule has 0 saturated carbocycles. The summed E-state index contributed by atoms with van der Waals surface area (Å²) in [6, 6.07) is 9.76. The first-order chi connectivity index (χ1) is 9.00. The molecule has 0 saturated heterocycles. The SMILES string of the molecule is CN(CCc1ccccc1)C(=O)C(=O)NCC(N)=S. The topological polar surface area (TPSA) is 75.4 Å². The fourth-order valence-electron chi connectivity index (χ4n) is 1.46. The maximum absolute atomic E-state index is 11.7. The van der Waals surface area contributed by atoms with Crippen molar-refractivity contribution >= 4 is 29.0 Å². The number of carbonyl (C=O) groups is 2. The van der Waals surface area contributed by atoms with Gasteiger partial charge >= 0.3 is 11.8 Å². The Balaban J connectivity index is 2.40. The fraction of sp³-hybridized carbons (Fsp3) is 0.308. The number of thiocarbonyl (C=S) groups is 1. The molecule has 0 heterocycles. The Morgan fingerprint density at radius 1 is 1.32 bits per heavy atom. The van der Waals surface area contributed by atoms with E-state index in [0.29, 0.717) is 13.0 Å². The monoisotopic (exact) mass is 279 g/mol. The maximum Gasteiger partial charge on any atom is 0.311 e. The lowest BCUT2D eigenvalue weighted by Crippen LogP contribution is -2.44. The van der Waals surface area contributed by atoms with Crippen LogP contribution in [0, 0.1) is 0 Å². The van der Waals surface area contributed by atoms with Crippen molar-refractivity contribution < 1.29 is 9.59 Å². The van der Waals surface area contributed by atoms with Crippen LogP contribution < -0.4 is 11.1 Å². The predicted octanol–water partition coefficient (Wildman–Crippen LogP) is 0.0898. The number of amides is 2. The van der Waals surface area contributed by atoms with Crippen LogP contribution in [0.15, 0.2) is 30.3 Å². The van der Waals surface area contributed by atoms with Gasteiger partial charge in [-0.3, -0.25) is 9.59 Å². The Morgan fingerprint density at radius 3 is 2.53 bits per heavy atom. The zero-order chi connectivity index (χ0) is 14.3. The minimum Gasteiger partial charge on any atom is -0.392 e. The molecule has 1 rings (SSSR count). The van der Waals surface area contributed by atoms with E-state index >= 15 is 0 Å². The normalized spacial score (nSPS) is 9.74. The summed E-state index contributed by atoms with van der Waals surface area (Å²) in [7, 11) is 1.59. The van der Waals surface area contributed by atoms with Crippen LogP contribution >= 0.6 is 12.2 Å². The minimum atomic E-state index is -0.691. The molecule has 0 fully saturated rings. The molecule has 0 aliphatic rings. The van der Waals surface area contributed by atoms with Crippen molar-refractivity contribution in [2.45, 2.75) is 6.42 Å². The van der Waals surface area contributed by atoms with E-state index in [1.165, 1.54) is 4.90 Å². The summed E-state index contributed by atoms with van der Waals surface area (Å²) < 4.78 is 0. The summed E-state index contributed by atoms with van der Waals surface area (Å²) in [5.41, 5.74) is 6.36. The summed E-state index contributed by atoms with van der Waals surface area (Å²) in [4.78, 5) is 24.7. The summed E-state index contributed by atoms with van der Waals surface area (Å²) in [5.74, 6) is -1.28. The van der Waals surface area contributed by atoms with E-state index in [1.807, 2.05) is 30.3 Å². The first-order valence-corrected chi connectivity index (χ1v) is 6.27. The summed E-state index contributed by atoms with van der Waals surface area (Å²) in [5, 5.41) is 2.36. The van der Waals surface area contributed by atoms with Crippen molar-refractivity contribution in [3.63, 3.8) is 0 Å². The Morgan fingerprint density at radius 2 is 1.95 bits per heavy atom. The smallest absolute Gasteiger partial charge is 0.311 e. The van der Waals surface area contributed by atoms with Crippen molar-refractivity contribution in [2.75, 3.05) is 20.1 Å². The second-order valence-electron chi connectivity index (χ2n) is 4.11. The van der Waals surface area contributed by atoms with Gasteiger partial charge in [0.05, 0.1) is 11.5 Å². The van der Waals surface area contributed by atoms with Crippen molar-refractivity contribution in [2.24, 2.45) is 5.73 Å². The molecule has 0 spiro atoms. The molecule has 102 valence electrons. The van der Waals surface area contributed by atoms with Crippen LogP contribution in [0.4, 0.5) is 0 Å². The quantitative estimate of drug-likeness (QED) is 0.592. The zero-order valence-corrected chi connectivity index (χ0v) is 11.6. The largest absolute Gasteiger partial charge is 0.392 e. The number of carbonyl (C=O) groups excluding carboxylic acids is 2. The van der Waals surface area contributed by atoms with Crippen molar-refractivity contribution in [3.8, 4) is 0 Å². The summed E-state index contributed by atoms with van der Waals surface area (Å²) >= 11 is 4.62. The van der Waals surface area contributed by atoms with E-state index in [1.54, 1.807) is 7.05 Å². The Bertz CT molecular complexity index is 462. The van der Waals surface area contributed by atoms with E-state index in [-0.39, 0.29) is 11.5 Å². The average Bonchev–Trinajstić information content (AvgIpc) is 2.42. The molecule has 3 N–H and O–H groups in total. The molecule has 1 aromatic rings.